The SMILES string of the molecule is CCCCC(CC)(CNCC)Cc1c(Cl)c(CC)nn1C. The van der Waals surface area contributed by atoms with E-state index >= 15 is 0 Å². The molecule has 0 aliphatic heterocycles. The minimum atomic E-state index is 0.286. The minimum Gasteiger partial charge on any atom is -0.316 e. The number of nitrogens with zero attached hydrogens (tertiary/aromatic N) is 2. The van der Waals surface area contributed by atoms with Gasteiger partial charge >= 0.3 is 0 Å². The number of rotatable bonds is 10. The maximum Gasteiger partial charge on any atom is 0.0849 e. The van der Waals surface area contributed by atoms with E-state index in [9.17, 15) is 0 Å². The Morgan fingerprint density at radius 3 is 2.43 bits per heavy atom. The van der Waals surface area contributed by atoms with Crippen LogP contribution < -0.4 is 5.32 Å². The van der Waals surface area contributed by atoms with Gasteiger partial charge in [0.05, 0.1) is 16.4 Å². The number of aryl methyl sites for hydroxylation is 2. The molecule has 3 nitrogen and oxygen atoms in total. The number of hydrogen-bond donors (Lipinski definition) is 1. The summed E-state index contributed by atoms with van der Waals surface area (Å²) in [6.45, 7) is 10.9. The number of halogens is 1. The predicted molar refractivity (Wildman–Crippen MR) is 92.1 cm³/mol. The fourth-order valence-electron chi connectivity index (χ4n) is 2.98. The standard InChI is InChI=1S/C17H32ClN3/c1-6-10-11-17(8-3,13-19-9-4)12-15-16(18)14(7-2)20-21(15)5/h19H,6-13H2,1-5H3. The molecule has 1 unspecified atom stereocenters. The highest BCUT2D eigenvalue weighted by Gasteiger charge is 2.30. The Kier molecular flexibility index (Phi) is 7.75. The molecule has 1 aromatic heterocycles. The highest BCUT2D eigenvalue weighted by atomic mass is 35.5. The zero-order valence-corrected chi connectivity index (χ0v) is 15.2. The lowest BCUT2D eigenvalue weighted by Crippen LogP contribution is -2.36. The molecular formula is C17H32ClN3. The summed E-state index contributed by atoms with van der Waals surface area (Å²) in [6.07, 6.45) is 6.84. The Hall–Kier alpha value is -0.540. The molecule has 122 valence electrons. The summed E-state index contributed by atoms with van der Waals surface area (Å²) in [5, 5.41) is 9.01. The summed E-state index contributed by atoms with van der Waals surface area (Å²) >= 11 is 6.56. The molecule has 0 spiro atoms. The molecule has 0 radical (unpaired) electrons. The van der Waals surface area contributed by atoms with Crippen LogP contribution in [0.1, 0.15) is 64.8 Å². The van der Waals surface area contributed by atoms with Gasteiger partial charge in [-0.15, -0.1) is 0 Å². The van der Waals surface area contributed by atoms with Gasteiger partial charge in [-0.05, 0) is 37.6 Å². The van der Waals surface area contributed by atoms with Gasteiger partial charge < -0.3 is 5.32 Å². The van der Waals surface area contributed by atoms with Crippen molar-refractivity contribution in [3.8, 4) is 0 Å². The lowest BCUT2D eigenvalue weighted by molar-refractivity contribution is 0.226. The van der Waals surface area contributed by atoms with Crippen molar-refractivity contribution in [2.75, 3.05) is 13.1 Å². The van der Waals surface area contributed by atoms with Crippen molar-refractivity contribution < 1.29 is 0 Å². The second-order valence-electron chi connectivity index (χ2n) is 6.10. The molecule has 1 heterocycles. The van der Waals surface area contributed by atoms with Crippen LogP contribution >= 0.6 is 11.6 Å². The predicted octanol–water partition coefficient (Wildman–Crippen LogP) is 4.37. The lowest BCUT2D eigenvalue weighted by atomic mass is 9.76. The first-order valence-corrected chi connectivity index (χ1v) is 8.82. The number of nitrogens with one attached hydrogen (secondary N) is 1. The van der Waals surface area contributed by atoms with Gasteiger partial charge in [0.2, 0.25) is 0 Å². The number of aromatic nitrogens is 2. The van der Waals surface area contributed by atoms with Crippen LogP contribution in [0, 0.1) is 5.41 Å². The van der Waals surface area contributed by atoms with Crippen LogP contribution in [0.15, 0.2) is 0 Å². The van der Waals surface area contributed by atoms with Gasteiger partial charge in [-0.1, -0.05) is 52.1 Å². The van der Waals surface area contributed by atoms with Crippen molar-refractivity contribution in [2.24, 2.45) is 12.5 Å². The monoisotopic (exact) mass is 313 g/mol. The van der Waals surface area contributed by atoms with Gasteiger partial charge in [-0.25, -0.2) is 0 Å². The van der Waals surface area contributed by atoms with Crippen molar-refractivity contribution in [3.63, 3.8) is 0 Å². The van der Waals surface area contributed by atoms with Crippen molar-refractivity contribution >= 4 is 11.6 Å². The summed E-state index contributed by atoms with van der Waals surface area (Å²) in [5.74, 6) is 0. The van der Waals surface area contributed by atoms with Crippen molar-refractivity contribution in [3.05, 3.63) is 16.4 Å². The van der Waals surface area contributed by atoms with Crippen LogP contribution in [0.3, 0.4) is 0 Å². The Morgan fingerprint density at radius 2 is 1.95 bits per heavy atom. The molecule has 1 N–H and O–H groups in total. The van der Waals surface area contributed by atoms with Crippen molar-refractivity contribution in [1.82, 2.24) is 15.1 Å². The Morgan fingerprint density at radius 1 is 1.24 bits per heavy atom. The van der Waals surface area contributed by atoms with Gasteiger partial charge in [-0.2, -0.15) is 5.10 Å². The molecule has 0 saturated carbocycles. The van der Waals surface area contributed by atoms with E-state index < -0.39 is 0 Å². The summed E-state index contributed by atoms with van der Waals surface area (Å²) < 4.78 is 1.99. The molecule has 0 aromatic carbocycles. The van der Waals surface area contributed by atoms with Crippen LogP contribution in [0.4, 0.5) is 0 Å². The maximum absolute atomic E-state index is 6.56. The average molecular weight is 314 g/mol. The first-order valence-electron chi connectivity index (χ1n) is 8.44. The van der Waals surface area contributed by atoms with Crippen LogP contribution in [0.5, 0.6) is 0 Å². The Labute approximate surface area is 135 Å². The van der Waals surface area contributed by atoms with Gasteiger partial charge in [0, 0.05) is 13.6 Å². The number of unbranched alkanes of at least 4 members (excludes halogenated alkanes) is 1. The molecule has 0 amide bonds. The van der Waals surface area contributed by atoms with E-state index in [0.717, 1.165) is 36.6 Å². The molecule has 1 atom stereocenters. The van der Waals surface area contributed by atoms with E-state index in [1.54, 1.807) is 0 Å². The lowest BCUT2D eigenvalue weighted by Gasteiger charge is -2.33. The average Bonchev–Trinajstić information content (AvgIpc) is 2.77. The van der Waals surface area contributed by atoms with Crippen LogP contribution in [0.2, 0.25) is 5.02 Å². The zero-order chi connectivity index (χ0) is 15.9. The van der Waals surface area contributed by atoms with Gasteiger partial charge in [0.25, 0.3) is 0 Å². The minimum absolute atomic E-state index is 0.286. The quantitative estimate of drug-likeness (QED) is 0.695. The smallest absolute Gasteiger partial charge is 0.0849 e. The summed E-state index contributed by atoms with van der Waals surface area (Å²) in [5.41, 5.74) is 2.51. The third-order valence-corrected chi connectivity index (χ3v) is 5.04. The van der Waals surface area contributed by atoms with Crippen molar-refractivity contribution in [2.45, 2.75) is 66.2 Å². The molecule has 0 fully saturated rings. The van der Waals surface area contributed by atoms with Gasteiger partial charge in [0.1, 0.15) is 0 Å². The van der Waals surface area contributed by atoms with E-state index in [1.807, 2.05) is 11.7 Å². The topological polar surface area (TPSA) is 29.9 Å². The molecule has 1 rings (SSSR count). The van der Waals surface area contributed by atoms with E-state index in [1.165, 1.54) is 31.4 Å². The Balaban J connectivity index is 3.01. The van der Waals surface area contributed by atoms with Crippen LogP contribution in [-0.2, 0) is 19.9 Å². The molecule has 0 aliphatic carbocycles. The molecule has 0 bridgehead atoms. The molecule has 21 heavy (non-hydrogen) atoms. The van der Waals surface area contributed by atoms with Gasteiger partial charge in [0.15, 0.2) is 0 Å². The highest BCUT2D eigenvalue weighted by molar-refractivity contribution is 6.31. The van der Waals surface area contributed by atoms with Crippen molar-refractivity contribution in [1.29, 1.82) is 0 Å². The van der Waals surface area contributed by atoms with Crippen LogP contribution in [-0.4, -0.2) is 22.9 Å². The maximum atomic E-state index is 6.56. The van der Waals surface area contributed by atoms with E-state index in [-0.39, 0.29) is 5.41 Å². The fourth-order valence-corrected chi connectivity index (χ4v) is 3.34. The summed E-state index contributed by atoms with van der Waals surface area (Å²) in [4.78, 5) is 0. The van der Waals surface area contributed by atoms with Crippen LogP contribution in [0.25, 0.3) is 0 Å². The molecule has 4 heteroatoms. The first-order chi connectivity index (χ1) is 10.0. The third-order valence-electron chi connectivity index (χ3n) is 4.61. The summed E-state index contributed by atoms with van der Waals surface area (Å²) in [7, 11) is 2.02. The molecule has 0 aliphatic rings. The highest BCUT2D eigenvalue weighted by Crippen LogP contribution is 2.35. The first kappa shape index (κ1) is 18.5. The molecular weight excluding hydrogens is 282 g/mol. The van der Waals surface area contributed by atoms with Gasteiger partial charge in [-0.3, -0.25) is 4.68 Å². The second-order valence-corrected chi connectivity index (χ2v) is 6.48. The number of hydrogen-bond acceptors (Lipinski definition) is 2. The third kappa shape index (κ3) is 4.72. The summed E-state index contributed by atoms with van der Waals surface area (Å²) in [6, 6.07) is 0. The second kappa shape index (κ2) is 8.79. The molecule has 1 aromatic rings. The Bertz CT molecular complexity index is 418. The van der Waals surface area contributed by atoms with E-state index in [4.69, 9.17) is 11.6 Å². The van der Waals surface area contributed by atoms with E-state index in [0.29, 0.717) is 0 Å². The fraction of sp³-hybridized carbons (Fsp3) is 0.824. The van der Waals surface area contributed by atoms with E-state index in [2.05, 4.69) is 38.1 Å². The largest absolute Gasteiger partial charge is 0.316 e. The zero-order valence-electron chi connectivity index (χ0n) is 14.4. The normalized spacial score (nSPS) is 14.4. The molecule has 0 saturated heterocycles.